The van der Waals surface area contributed by atoms with E-state index in [-0.39, 0.29) is 5.41 Å². The molecular formula is C60H47NO2. The summed E-state index contributed by atoms with van der Waals surface area (Å²) < 4.78 is 14.2. The Kier molecular flexibility index (Phi) is 8.06. The van der Waals surface area contributed by atoms with Crippen LogP contribution in [0.2, 0.25) is 0 Å². The average molecular weight is 814 g/mol. The zero-order valence-electron chi connectivity index (χ0n) is 36.8. The number of hydrogen-bond acceptors (Lipinski definition) is 3. The highest BCUT2D eigenvalue weighted by atomic mass is 16.3. The smallest absolute Gasteiger partial charge is 0.143 e. The third-order valence-corrected chi connectivity index (χ3v) is 13.6. The molecule has 12 aromatic rings. The van der Waals surface area contributed by atoms with Crippen molar-refractivity contribution in [2.45, 2.75) is 53.9 Å². The van der Waals surface area contributed by atoms with E-state index in [9.17, 15) is 0 Å². The zero-order valence-corrected chi connectivity index (χ0v) is 36.8. The van der Waals surface area contributed by atoms with E-state index in [1.54, 1.807) is 0 Å². The summed E-state index contributed by atoms with van der Waals surface area (Å²) in [7, 11) is 0. The van der Waals surface area contributed by atoms with E-state index in [2.05, 4.69) is 211 Å². The normalized spacial score (nSPS) is 12.4. The van der Waals surface area contributed by atoms with E-state index < -0.39 is 0 Å². The first kappa shape index (κ1) is 37.4. The Morgan fingerprint density at radius 2 is 0.810 bits per heavy atom. The fourth-order valence-corrected chi connectivity index (χ4v) is 10.6. The number of nitrogens with zero attached hydrogens (tertiary/aromatic N) is 1. The molecule has 0 aliphatic carbocycles. The summed E-state index contributed by atoms with van der Waals surface area (Å²) in [4.78, 5) is 2.33. The summed E-state index contributed by atoms with van der Waals surface area (Å²) in [5, 5.41) is 11.6. The maximum atomic E-state index is 7.14. The summed E-state index contributed by atoms with van der Waals surface area (Å²) >= 11 is 0. The third kappa shape index (κ3) is 5.59. The fourth-order valence-electron chi connectivity index (χ4n) is 10.6. The molecule has 2 heterocycles. The maximum Gasteiger partial charge on any atom is 0.143 e. The lowest BCUT2D eigenvalue weighted by atomic mass is 9.81. The number of rotatable bonds is 5. The van der Waals surface area contributed by atoms with E-state index in [1.165, 1.54) is 71.6 Å². The van der Waals surface area contributed by atoms with Gasteiger partial charge in [-0.2, -0.15) is 0 Å². The van der Waals surface area contributed by atoms with Gasteiger partial charge in [-0.3, -0.25) is 0 Å². The second kappa shape index (κ2) is 13.6. The van der Waals surface area contributed by atoms with Crippen molar-refractivity contribution >= 4 is 93.3 Å². The quantitative estimate of drug-likeness (QED) is 0.162. The highest BCUT2D eigenvalue weighted by Crippen LogP contribution is 2.52. The van der Waals surface area contributed by atoms with Gasteiger partial charge in [0.25, 0.3) is 0 Å². The molecule has 0 aliphatic heterocycles. The Hall–Kier alpha value is -7.36. The third-order valence-electron chi connectivity index (χ3n) is 13.6. The lowest BCUT2D eigenvalue weighted by molar-refractivity contribution is 0.590. The second-order valence-corrected chi connectivity index (χ2v) is 18.7. The minimum atomic E-state index is -0.00698. The van der Waals surface area contributed by atoms with E-state index in [4.69, 9.17) is 8.83 Å². The molecule has 0 N–H and O–H groups in total. The standard InChI is InChI=1S/C60H47NO2/c1-34-16-14-17-35(2)54(34)44-33-51-57-47(31-49-43-29-41(25-27-53(43)63-59(49)51)61(39-20-10-8-11-21-39)40-22-12-9-13-23-40)45(55-36(3)18-15-19-37(55)4)32-50-56(57)46(44)30-48-42-28-38(60(5,6)7)24-26-52(42)62-58(48)50/h8-33H,1-7H3. The molecule has 10 aromatic carbocycles. The van der Waals surface area contributed by atoms with Gasteiger partial charge >= 0.3 is 0 Å². The van der Waals surface area contributed by atoms with Gasteiger partial charge in [-0.25, -0.2) is 0 Å². The van der Waals surface area contributed by atoms with Crippen molar-refractivity contribution in [2.75, 3.05) is 4.90 Å². The predicted octanol–water partition coefficient (Wildman–Crippen LogP) is 17.7. The van der Waals surface area contributed by atoms with Gasteiger partial charge in [0, 0.05) is 60.2 Å². The van der Waals surface area contributed by atoms with Crippen molar-refractivity contribution < 1.29 is 8.83 Å². The van der Waals surface area contributed by atoms with Crippen LogP contribution in [0.1, 0.15) is 48.6 Å². The number of benzene rings is 10. The van der Waals surface area contributed by atoms with Gasteiger partial charge in [0.1, 0.15) is 22.3 Å². The Balaban J connectivity index is 1.27. The Morgan fingerprint density at radius 3 is 1.27 bits per heavy atom. The van der Waals surface area contributed by atoms with Gasteiger partial charge in [-0.15, -0.1) is 0 Å². The minimum absolute atomic E-state index is 0.00698. The molecule has 0 aliphatic rings. The van der Waals surface area contributed by atoms with Crippen LogP contribution in [0.3, 0.4) is 0 Å². The van der Waals surface area contributed by atoms with E-state index >= 15 is 0 Å². The summed E-state index contributed by atoms with van der Waals surface area (Å²) in [6, 6.07) is 57.7. The van der Waals surface area contributed by atoms with Gasteiger partial charge in [0.2, 0.25) is 0 Å². The summed E-state index contributed by atoms with van der Waals surface area (Å²) in [5.74, 6) is 0. The molecule has 304 valence electrons. The SMILES string of the molecule is Cc1cccc(C)c1-c1cc2c3oc4ccc(C(C)(C)C)cc4c3cc3c(-c4c(C)cccc4C)cc4c5oc6ccc(N(c7ccccc7)c7ccccc7)cc6c5cc1c4c32. The Bertz CT molecular complexity index is 3730. The van der Waals surface area contributed by atoms with Crippen LogP contribution < -0.4 is 4.90 Å². The molecular weight excluding hydrogens is 767 g/mol. The summed E-state index contributed by atoms with van der Waals surface area (Å²) in [5.41, 5.74) is 18.1. The molecule has 3 heteroatoms. The molecule has 63 heavy (non-hydrogen) atoms. The van der Waals surface area contributed by atoms with Crippen molar-refractivity contribution in [3.05, 3.63) is 186 Å². The second-order valence-electron chi connectivity index (χ2n) is 18.7. The van der Waals surface area contributed by atoms with Crippen molar-refractivity contribution in [2.24, 2.45) is 0 Å². The molecule has 0 atom stereocenters. The average Bonchev–Trinajstić information content (AvgIpc) is 3.84. The van der Waals surface area contributed by atoms with Crippen LogP contribution in [0.4, 0.5) is 17.1 Å². The van der Waals surface area contributed by atoms with Gasteiger partial charge in [0.05, 0.1) is 0 Å². The van der Waals surface area contributed by atoms with Crippen molar-refractivity contribution in [1.82, 2.24) is 0 Å². The molecule has 0 bridgehead atoms. The molecule has 2 aromatic heterocycles. The van der Waals surface area contributed by atoms with Crippen molar-refractivity contribution in [3.63, 3.8) is 0 Å². The van der Waals surface area contributed by atoms with Crippen molar-refractivity contribution in [3.8, 4) is 22.3 Å². The number of para-hydroxylation sites is 2. The Labute approximate surface area is 367 Å². The first-order chi connectivity index (χ1) is 30.5. The molecule has 12 rings (SSSR count). The van der Waals surface area contributed by atoms with Crippen LogP contribution in [-0.4, -0.2) is 0 Å². The lowest BCUT2D eigenvalue weighted by Gasteiger charge is -2.25. The Morgan fingerprint density at radius 1 is 0.365 bits per heavy atom. The monoisotopic (exact) mass is 813 g/mol. The molecule has 0 radical (unpaired) electrons. The molecule has 0 fully saturated rings. The van der Waals surface area contributed by atoms with Gasteiger partial charge in [-0.1, -0.05) is 99.6 Å². The minimum Gasteiger partial charge on any atom is -0.455 e. The molecule has 0 spiro atoms. The summed E-state index contributed by atoms with van der Waals surface area (Å²) in [6.07, 6.45) is 0. The number of fused-ring (bicyclic) bond motifs is 8. The summed E-state index contributed by atoms with van der Waals surface area (Å²) in [6.45, 7) is 15.8. The molecule has 0 saturated carbocycles. The molecule has 0 unspecified atom stereocenters. The van der Waals surface area contributed by atoms with Crippen LogP contribution in [0.25, 0.3) is 98.4 Å². The van der Waals surface area contributed by atoms with Crippen molar-refractivity contribution in [1.29, 1.82) is 0 Å². The van der Waals surface area contributed by atoms with E-state index in [0.717, 1.165) is 71.7 Å². The van der Waals surface area contributed by atoms with Crippen LogP contribution in [0.15, 0.2) is 167 Å². The fraction of sp³-hybridized carbons (Fsp3) is 0.133. The van der Waals surface area contributed by atoms with Crippen LogP contribution >= 0.6 is 0 Å². The zero-order chi connectivity index (χ0) is 42.9. The van der Waals surface area contributed by atoms with Crippen LogP contribution in [0.5, 0.6) is 0 Å². The molecule has 0 amide bonds. The van der Waals surface area contributed by atoms with Gasteiger partial charge in [-0.05, 0) is 173 Å². The topological polar surface area (TPSA) is 29.5 Å². The molecule has 0 saturated heterocycles. The van der Waals surface area contributed by atoms with E-state index in [0.29, 0.717) is 0 Å². The molecule has 3 nitrogen and oxygen atoms in total. The number of furan rings is 2. The predicted molar refractivity (Wildman–Crippen MR) is 268 cm³/mol. The first-order valence-electron chi connectivity index (χ1n) is 22.1. The highest BCUT2D eigenvalue weighted by Gasteiger charge is 2.27. The van der Waals surface area contributed by atoms with Crippen LogP contribution in [0, 0.1) is 27.7 Å². The van der Waals surface area contributed by atoms with E-state index in [1.807, 2.05) is 0 Å². The van der Waals surface area contributed by atoms with Gasteiger partial charge in [0.15, 0.2) is 0 Å². The number of anilines is 3. The maximum absolute atomic E-state index is 7.14. The highest BCUT2D eigenvalue weighted by molar-refractivity contribution is 6.38. The number of aryl methyl sites for hydroxylation is 4. The number of hydrogen-bond donors (Lipinski definition) is 0. The van der Waals surface area contributed by atoms with Gasteiger partial charge < -0.3 is 13.7 Å². The lowest BCUT2D eigenvalue weighted by Crippen LogP contribution is -2.10. The largest absolute Gasteiger partial charge is 0.455 e. The first-order valence-corrected chi connectivity index (χ1v) is 22.1. The van der Waals surface area contributed by atoms with Crippen LogP contribution in [-0.2, 0) is 5.41 Å².